The van der Waals surface area contributed by atoms with Crippen LogP contribution >= 0.6 is 0 Å². The van der Waals surface area contributed by atoms with Gasteiger partial charge in [-0.3, -0.25) is 4.99 Å². The second-order valence-electron chi connectivity index (χ2n) is 5.86. The zero-order chi connectivity index (χ0) is 16.4. The first kappa shape index (κ1) is 18.5. The van der Waals surface area contributed by atoms with Crippen LogP contribution in [0.1, 0.15) is 38.3 Å². The molecular formula is C18H32N4. The number of nitrogens with zero attached hydrogens (tertiary/aromatic N) is 3. The lowest BCUT2D eigenvalue weighted by Crippen LogP contribution is -2.40. The van der Waals surface area contributed by atoms with Gasteiger partial charge in [-0.05, 0) is 33.0 Å². The van der Waals surface area contributed by atoms with Crippen LogP contribution < -0.4 is 5.32 Å². The zero-order valence-electron chi connectivity index (χ0n) is 14.8. The summed E-state index contributed by atoms with van der Waals surface area (Å²) in [7, 11) is 6.34. The molecule has 124 valence electrons. The van der Waals surface area contributed by atoms with Gasteiger partial charge in [-0.25, -0.2) is 0 Å². The van der Waals surface area contributed by atoms with E-state index in [2.05, 4.69) is 80.4 Å². The summed E-state index contributed by atoms with van der Waals surface area (Å²) >= 11 is 0. The first-order valence-corrected chi connectivity index (χ1v) is 8.30. The molecule has 0 bridgehead atoms. The van der Waals surface area contributed by atoms with Crippen LogP contribution in [0.4, 0.5) is 0 Å². The highest BCUT2D eigenvalue weighted by molar-refractivity contribution is 5.79. The van der Waals surface area contributed by atoms with Gasteiger partial charge in [0.25, 0.3) is 0 Å². The Kier molecular flexibility index (Phi) is 8.60. The molecule has 0 spiro atoms. The van der Waals surface area contributed by atoms with Gasteiger partial charge < -0.3 is 15.1 Å². The van der Waals surface area contributed by atoms with Crippen LogP contribution in [-0.2, 0) is 0 Å². The van der Waals surface area contributed by atoms with Crippen LogP contribution in [0.2, 0.25) is 0 Å². The number of benzene rings is 1. The van der Waals surface area contributed by atoms with Crippen molar-refractivity contribution in [2.75, 3.05) is 40.8 Å². The van der Waals surface area contributed by atoms with Gasteiger partial charge in [-0.1, -0.05) is 43.7 Å². The van der Waals surface area contributed by atoms with Gasteiger partial charge in [0.05, 0.1) is 12.6 Å². The molecule has 0 fully saturated rings. The van der Waals surface area contributed by atoms with Gasteiger partial charge >= 0.3 is 0 Å². The molecule has 0 aromatic heterocycles. The summed E-state index contributed by atoms with van der Waals surface area (Å²) < 4.78 is 0. The minimum absolute atomic E-state index is 0.300. The van der Waals surface area contributed by atoms with Crippen molar-refractivity contribution >= 4 is 5.96 Å². The first-order valence-electron chi connectivity index (χ1n) is 8.30. The molecule has 1 rings (SSSR count). The third kappa shape index (κ3) is 6.06. The third-order valence-electron chi connectivity index (χ3n) is 3.77. The Morgan fingerprint density at radius 1 is 1.14 bits per heavy atom. The lowest BCUT2D eigenvalue weighted by Gasteiger charge is -2.26. The highest BCUT2D eigenvalue weighted by atomic mass is 15.3. The maximum absolute atomic E-state index is 4.85. The Balaban J connectivity index is 2.80. The molecule has 4 nitrogen and oxygen atoms in total. The molecule has 0 heterocycles. The standard InChI is InChI=1S/C18H32N4/c1-6-8-14-22(5)18(19-7-2)20-15-17(21(3)4)16-12-10-9-11-13-16/h9-13,17H,6-8,14-15H2,1-5H3,(H,19,20). The summed E-state index contributed by atoms with van der Waals surface area (Å²) in [6.07, 6.45) is 2.39. The second-order valence-corrected chi connectivity index (χ2v) is 5.86. The number of likely N-dealkylation sites (N-methyl/N-ethyl adjacent to an activating group) is 1. The van der Waals surface area contributed by atoms with E-state index in [1.54, 1.807) is 0 Å². The Labute approximate surface area is 136 Å². The van der Waals surface area contributed by atoms with Gasteiger partial charge in [0.1, 0.15) is 0 Å². The lowest BCUT2D eigenvalue weighted by atomic mass is 10.1. The van der Waals surface area contributed by atoms with Crippen LogP contribution in [0.5, 0.6) is 0 Å². The van der Waals surface area contributed by atoms with Crippen molar-refractivity contribution in [2.45, 2.75) is 32.7 Å². The van der Waals surface area contributed by atoms with Crippen LogP contribution in [0.15, 0.2) is 35.3 Å². The summed E-state index contributed by atoms with van der Waals surface area (Å²) in [6.45, 7) is 7.03. The summed E-state index contributed by atoms with van der Waals surface area (Å²) in [6, 6.07) is 10.9. The SMILES string of the molecule is CCCCN(C)C(=NCC(c1ccccc1)N(C)C)NCC. The Bertz CT molecular complexity index is 428. The largest absolute Gasteiger partial charge is 0.357 e. The van der Waals surface area contributed by atoms with E-state index < -0.39 is 0 Å². The fraction of sp³-hybridized carbons (Fsp3) is 0.611. The topological polar surface area (TPSA) is 30.9 Å². The highest BCUT2D eigenvalue weighted by Gasteiger charge is 2.14. The Hall–Kier alpha value is -1.55. The van der Waals surface area contributed by atoms with Crippen molar-refractivity contribution in [2.24, 2.45) is 4.99 Å². The lowest BCUT2D eigenvalue weighted by molar-refractivity contribution is 0.305. The van der Waals surface area contributed by atoms with E-state index >= 15 is 0 Å². The highest BCUT2D eigenvalue weighted by Crippen LogP contribution is 2.18. The quantitative estimate of drug-likeness (QED) is 0.592. The number of guanidine groups is 1. The Morgan fingerprint density at radius 2 is 1.82 bits per heavy atom. The van der Waals surface area contributed by atoms with Gasteiger partial charge in [-0.2, -0.15) is 0 Å². The summed E-state index contributed by atoms with van der Waals surface area (Å²) in [5.41, 5.74) is 1.31. The smallest absolute Gasteiger partial charge is 0.193 e. The average molecular weight is 304 g/mol. The molecule has 0 saturated heterocycles. The summed E-state index contributed by atoms with van der Waals surface area (Å²) in [5, 5.41) is 3.39. The molecular weight excluding hydrogens is 272 g/mol. The van der Waals surface area contributed by atoms with Crippen LogP contribution in [0, 0.1) is 0 Å². The molecule has 0 aliphatic rings. The van der Waals surface area contributed by atoms with Crippen molar-refractivity contribution in [1.82, 2.24) is 15.1 Å². The third-order valence-corrected chi connectivity index (χ3v) is 3.77. The monoisotopic (exact) mass is 304 g/mol. The number of hydrogen-bond donors (Lipinski definition) is 1. The molecule has 1 N–H and O–H groups in total. The normalized spacial score (nSPS) is 13.3. The van der Waals surface area contributed by atoms with Crippen molar-refractivity contribution in [1.29, 1.82) is 0 Å². The molecule has 1 aromatic carbocycles. The molecule has 0 saturated carbocycles. The molecule has 4 heteroatoms. The number of rotatable bonds is 8. The van der Waals surface area contributed by atoms with E-state index in [9.17, 15) is 0 Å². The molecule has 0 amide bonds. The fourth-order valence-electron chi connectivity index (χ4n) is 2.39. The molecule has 1 aromatic rings. The summed E-state index contributed by atoms with van der Waals surface area (Å²) in [5.74, 6) is 0.999. The maximum Gasteiger partial charge on any atom is 0.193 e. The van der Waals surface area contributed by atoms with E-state index in [0.717, 1.165) is 25.6 Å². The zero-order valence-corrected chi connectivity index (χ0v) is 14.8. The van der Waals surface area contributed by atoms with Gasteiger partial charge in [0.15, 0.2) is 5.96 Å². The second kappa shape index (κ2) is 10.2. The summed E-state index contributed by atoms with van der Waals surface area (Å²) in [4.78, 5) is 9.31. The molecule has 1 atom stereocenters. The minimum Gasteiger partial charge on any atom is -0.357 e. The van der Waals surface area contributed by atoms with Gasteiger partial charge in [0.2, 0.25) is 0 Å². The van der Waals surface area contributed by atoms with Crippen LogP contribution in [0.3, 0.4) is 0 Å². The number of hydrogen-bond acceptors (Lipinski definition) is 2. The van der Waals surface area contributed by atoms with Crippen molar-refractivity contribution in [3.8, 4) is 0 Å². The van der Waals surface area contributed by atoms with Crippen molar-refractivity contribution in [3.05, 3.63) is 35.9 Å². The first-order chi connectivity index (χ1) is 10.6. The molecule has 0 radical (unpaired) electrons. The molecule has 22 heavy (non-hydrogen) atoms. The van der Waals surface area contributed by atoms with E-state index in [-0.39, 0.29) is 0 Å². The molecule has 1 unspecified atom stereocenters. The van der Waals surface area contributed by atoms with Crippen LogP contribution in [0.25, 0.3) is 0 Å². The number of unbranched alkanes of at least 4 members (excludes halogenated alkanes) is 1. The van der Waals surface area contributed by atoms with Crippen molar-refractivity contribution in [3.63, 3.8) is 0 Å². The van der Waals surface area contributed by atoms with E-state index in [1.165, 1.54) is 18.4 Å². The Morgan fingerprint density at radius 3 is 2.36 bits per heavy atom. The van der Waals surface area contributed by atoms with Crippen LogP contribution in [-0.4, -0.2) is 56.5 Å². The van der Waals surface area contributed by atoms with E-state index in [1.807, 2.05) is 0 Å². The molecule has 0 aliphatic carbocycles. The predicted octanol–water partition coefficient (Wildman–Crippen LogP) is 2.99. The predicted molar refractivity (Wildman–Crippen MR) is 96.4 cm³/mol. The minimum atomic E-state index is 0.300. The van der Waals surface area contributed by atoms with Crippen molar-refractivity contribution < 1.29 is 0 Å². The number of nitrogens with one attached hydrogen (secondary N) is 1. The van der Waals surface area contributed by atoms with Gasteiger partial charge in [0, 0.05) is 20.1 Å². The van der Waals surface area contributed by atoms with Gasteiger partial charge in [-0.15, -0.1) is 0 Å². The van der Waals surface area contributed by atoms with E-state index in [0.29, 0.717) is 6.04 Å². The number of aliphatic imine (C=N–C) groups is 1. The molecule has 0 aliphatic heterocycles. The average Bonchev–Trinajstić information content (AvgIpc) is 2.52. The maximum atomic E-state index is 4.85. The van der Waals surface area contributed by atoms with E-state index in [4.69, 9.17) is 4.99 Å². The fourth-order valence-corrected chi connectivity index (χ4v) is 2.39.